The number of aromatic nitrogens is 1. The second-order valence-corrected chi connectivity index (χ2v) is 8.74. The lowest BCUT2D eigenvalue weighted by molar-refractivity contribution is 0.220. The number of rotatable bonds is 1. The molecule has 0 amide bonds. The van der Waals surface area contributed by atoms with Crippen LogP contribution in [-0.4, -0.2) is 23.0 Å². The zero-order valence-corrected chi connectivity index (χ0v) is 18.8. The van der Waals surface area contributed by atoms with Crippen molar-refractivity contribution >= 4 is 60.9 Å². The van der Waals surface area contributed by atoms with Gasteiger partial charge >= 0.3 is 0 Å². The highest BCUT2D eigenvalue weighted by Crippen LogP contribution is 2.39. The number of nitrogens with one attached hydrogen (secondary N) is 2. The Balaban J connectivity index is 0.000000181. The maximum Gasteiger partial charge on any atom is 0.0485 e. The van der Waals surface area contributed by atoms with Crippen molar-refractivity contribution < 1.29 is 0 Å². The molecule has 0 atom stereocenters. The lowest BCUT2D eigenvalue weighted by atomic mass is 9.94. The third-order valence-corrected chi connectivity index (χ3v) is 6.31. The van der Waals surface area contributed by atoms with Gasteiger partial charge < -0.3 is 10.4 Å². The fourth-order valence-corrected chi connectivity index (χ4v) is 4.53. The summed E-state index contributed by atoms with van der Waals surface area (Å²) >= 11 is 6.89. The maximum absolute atomic E-state index is 5.13. The van der Waals surface area contributed by atoms with Crippen molar-refractivity contribution in [2.24, 2.45) is 5.84 Å². The van der Waals surface area contributed by atoms with Crippen LogP contribution in [0.4, 0.5) is 5.69 Å². The van der Waals surface area contributed by atoms with Crippen molar-refractivity contribution in [1.82, 2.24) is 9.88 Å². The molecule has 0 spiro atoms. The van der Waals surface area contributed by atoms with E-state index in [4.69, 9.17) is 5.84 Å². The average Bonchev–Trinajstić information content (AvgIpc) is 2.82. The zero-order valence-electron chi connectivity index (χ0n) is 14.8. The second-order valence-electron chi connectivity index (χ2n) is 6.91. The molecule has 1 fully saturated rings. The van der Waals surface area contributed by atoms with Gasteiger partial charge in [0.25, 0.3) is 0 Å². The van der Waals surface area contributed by atoms with Crippen molar-refractivity contribution in [3.05, 3.63) is 62.7 Å². The maximum atomic E-state index is 5.13. The van der Waals surface area contributed by atoms with Crippen molar-refractivity contribution in [2.75, 3.05) is 18.5 Å². The Morgan fingerprint density at radius 1 is 1.00 bits per heavy atom. The molecule has 27 heavy (non-hydrogen) atoms. The van der Waals surface area contributed by atoms with Gasteiger partial charge in [-0.25, -0.2) is 0 Å². The van der Waals surface area contributed by atoms with Gasteiger partial charge in [-0.1, -0.05) is 31.9 Å². The van der Waals surface area contributed by atoms with Crippen molar-refractivity contribution in [3.63, 3.8) is 0 Å². The summed E-state index contributed by atoms with van der Waals surface area (Å²) in [4.78, 5) is 6.26. The highest BCUT2D eigenvalue weighted by molar-refractivity contribution is 9.10. The SMILES string of the molecule is Brc1ccc2[nH]c3c(c2c1)CN1CCC3CC1.Cl.NNc1ccc(Br)cc1. The van der Waals surface area contributed by atoms with E-state index in [1.54, 1.807) is 5.56 Å². The fraction of sp³-hybridized carbons (Fsp3) is 0.300. The summed E-state index contributed by atoms with van der Waals surface area (Å²) in [5.74, 6) is 5.89. The number of aromatic amines is 1. The van der Waals surface area contributed by atoms with Crippen LogP contribution in [0.2, 0.25) is 0 Å². The van der Waals surface area contributed by atoms with Gasteiger partial charge in [-0.15, -0.1) is 12.4 Å². The van der Waals surface area contributed by atoms with Crippen LogP contribution in [0.25, 0.3) is 10.9 Å². The van der Waals surface area contributed by atoms with E-state index in [1.165, 1.54) is 47.0 Å². The van der Waals surface area contributed by atoms with Crippen LogP contribution in [0.5, 0.6) is 0 Å². The molecule has 3 aromatic rings. The Bertz CT molecular complexity index is 902. The number of nitrogens with zero attached hydrogens (tertiary/aromatic N) is 1. The molecule has 4 nitrogen and oxygen atoms in total. The number of hydrogen-bond acceptors (Lipinski definition) is 3. The van der Waals surface area contributed by atoms with Crippen LogP contribution in [0.15, 0.2) is 51.4 Å². The number of benzene rings is 2. The minimum Gasteiger partial charge on any atom is -0.358 e. The molecular formula is C20H23Br2ClN4. The van der Waals surface area contributed by atoms with Gasteiger partial charge in [0.15, 0.2) is 0 Å². The monoisotopic (exact) mass is 512 g/mol. The smallest absolute Gasteiger partial charge is 0.0485 e. The molecule has 1 saturated heterocycles. The summed E-state index contributed by atoms with van der Waals surface area (Å²) in [5.41, 5.74) is 7.80. The van der Waals surface area contributed by atoms with E-state index >= 15 is 0 Å². The summed E-state index contributed by atoms with van der Waals surface area (Å²) in [7, 11) is 0. The molecule has 2 aromatic carbocycles. The van der Waals surface area contributed by atoms with Crippen molar-refractivity contribution in [2.45, 2.75) is 25.3 Å². The Labute approximate surface area is 182 Å². The molecule has 0 saturated carbocycles. The quantitative estimate of drug-likeness (QED) is 0.285. The first-order valence-corrected chi connectivity index (χ1v) is 10.5. The van der Waals surface area contributed by atoms with Gasteiger partial charge in [-0.05, 0) is 74.0 Å². The Hall–Kier alpha value is -1.05. The normalized spacial score (nSPS) is 20.1. The number of anilines is 1. The van der Waals surface area contributed by atoms with Crippen LogP contribution in [0.1, 0.15) is 30.0 Å². The molecule has 2 bridgehead atoms. The first-order valence-electron chi connectivity index (χ1n) is 8.88. The van der Waals surface area contributed by atoms with E-state index in [-0.39, 0.29) is 12.4 Å². The van der Waals surface area contributed by atoms with Crippen LogP contribution in [-0.2, 0) is 6.54 Å². The lowest BCUT2D eigenvalue weighted by Gasteiger charge is -2.26. The third-order valence-electron chi connectivity index (χ3n) is 5.29. The number of hydrogen-bond donors (Lipinski definition) is 3. The van der Waals surface area contributed by atoms with Crippen molar-refractivity contribution in [1.29, 1.82) is 0 Å². The Morgan fingerprint density at radius 3 is 2.33 bits per heavy atom. The number of nitrogens with two attached hydrogens (primary N) is 1. The average molecular weight is 515 g/mol. The predicted molar refractivity (Wildman–Crippen MR) is 122 cm³/mol. The first kappa shape index (κ1) is 20.7. The van der Waals surface area contributed by atoms with E-state index in [2.05, 4.69) is 65.4 Å². The van der Waals surface area contributed by atoms with Crippen LogP contribution in [0, 0.1) is 0 Å². The lowest BCUT2D eigenvalue weighted by Crippen LogP contribution is -2.28. The molecule has 0 radical (unpaired) electrons. The van der Waals surface area contributed by atoms with Gasteiger partial charge in [-0.3, -0.25) is 10.7 Å². The molecule has 144 valence electrons. The highest BCUT2D eigenvalue weighted by atomic mass is 79.9. The number of piperidine rings is 1. The standard InChI is InChI=1S/C14H15BrN2.C6H7BrN2.ClH/c15-10-1-2-13-11(7-10)12-8-17-5-3-9(4-6-17)14(12)16-13;7-5-1-3-6(9-8)4-2-5;/h1-2,7,9,16H,3-6,8H2;1-4,9H,8H2;1H. The predicted octanol–water partition coefficient (Wildman–Crippen LogP) is 5.78. The van der Waals surface area contributed by atoms with Gasteiger partial charge in [-0.2, -0.15) is 0 Å². The minimum atomic E-state index is 0. The van der Waals surface area contributed by atoms with E-state index in [1.807, 2.05) is 24.3 Å². The number of H-pyrrole nitrogens is 1. The molecular weight excluding hydrogens is 492 g/mol. The molecule has 3 aliphatic heterocycles. The highest BCUT2D eigenvalue weighted by Gasteiger charge is 2.30. The van der Waals surface area contributed by atoms with Crippen LogP contribution >= 0.6 is 44.3 Å². The number of halogens is 3. The van der Waals surface area contributed by atoms with Crippen molar-refractivity contribution in [3.8, 4) is 0 Å². The van der Waals surface area contributed by atoms with E-state index < -0.39 is 0 Å². The molecule has 1 aromatic heterocycles. The molecule has 0 unspecified atom stereocenters. The first-order chi connectivity index (χ1) is 12.6. The van der Waals surface area contributed by atoms with Gasteiger partial charge in [0, 0.05) is 43.7 Å². The molecule has 3 aliphatic rings. The Morgan fingerprint density at radius 2 is 1.67 bits per heavy atom. The molecule has 0 aliphatic carbocycles. The van der Waals surface area contributed by atoms with E-state index in [9.17, 15) is 0 Å². The summed E-state index contributed by atoms with van der Waals surface area (Å²) < 4.78 is 2.24. The number of fused-ring (bicyclic) bond motifs is 3. The topological polar surface area (TPSA) is 57.1 Å². The third kappa shape index (κ3) is 4.51. The molecule has 4 N–H and O–H groups in total. The second kappa shape index (κ2) is 8.97. The zero-order chi connectivity index (χ0) is 18.1. The van der Waals surface area contributed by atoms with E-state index in [0.717, 1.165) is 22.6 Å². The van der Waals surface area contributed by atoms with Gasteiger partial charge in [0.1, 0.15) is 0 Å². The largest absolute Gasteiger partial charge is 0.358 e. The Kier molecular flexibility index (Phi) is 6.87. The van der Waals surface area contributed by atoms with Gasteiger partial charge in [0.05, 0.1) is 0 Å². The number of nitrogen functional groups attached to an aromatic ring is 1. The summed E-state index contributed by atoms with van der Waals surface area (Å²) in [6, 6.07) is 14.2. The van der Waals surface area contributed by atoms with E-state index in [0.29, 0.717) is 0 Å². The fourth-order valence-electron chi connectivity index (χ4n) is 3.91. The molecule has 4 heterocycles. The molecule has 7 heteroatoms. The summed E-state index contributed by atoms with van der Waals surface area (Å²) in [6.45, 7) is 3.66. The molecule has 6 rings (SSSR count). The van der Waals surface area contributed by atoms with Gasteiger partial charge in [0.2, 0.25) is 0 Å². The number of hydrazine groups is 1. The summed E-state index contributed by atoms with van der Waals surface area (Å²) in [5, 5.41) is 1.41. The summed E-state index contributed by atoms with van der Waals surface area (Å²) in [6.07, 6.45) is 2.64. The minimum absolute atomic E-state index is 0. The van der Waals surface area contributed by atoms with Crippen LogP contribution in [0.3, 0.4) is 0 Å². The van der Waals surface area contributed by atoms with Crippen LogP contribution < -0.4 is 11.3 Å².